The lowest BCUT2D eigenvalue weighted by Gasteiger charge is -2.19. The number of hydrogen-bond donors (Lipinski definition) is 0. The van der Waals surface area contributed by atoms with E-state index in [2.05, 4.69) is 0 Å². The Morgan fingerprint density at radius 2 is 1.86 bits per heavy atom. The summed E-state index contributed by atoms with van der Waals surface area (Å²) in [6, 6.07) is 12.0. The predicted octanol–water partition coefficient (Wildman–Crippen LogP) is 3.90. The largest absolute Gasteiger partial charge is 0.489 e. The molecule has 0 N–H and O–H groups in total. The Balaban J connectivity index is 1.95. The van der Waals surface area contributed by atoms with Crippen molar-refractivity contribution >= 4 is 27.0 Å². The molecule has 0 aromatic heterocycles. The van der Waals surface area contributed by atoms with Crippen molar-refractivity contribution in [2.45, 2.75) is 11.8 Å². The Kier molecular flexibility index (Phi) is 3.98. The number of benzene rings is 2. The average Bonchev–Trinajstić information content (AvgIpc) is 2.48. The van der Waals surface area contributed by atoms with E-state index in [1.807, 2.05) is 31.2 Å². The van der Waals surface area contributed by atoms with Crippen molar-refractivity contribution in [3.63, 3.8) is 0 Å². The lowest BCUT2D eigenvalue weighted by molar-refractivity contribution is 0.357. The SMILES string of the molecule is Cc1ccc2c(c1)C(CS(=O)(=O)c1ccc(Cl)cc1)=CCO2. The Bertz CT molecular complexity index is 837. The number of aryl methyl sites for hydroxylation is 1. The lowest BCUT2D eigenvalue weighted by atomic mass is 10.0. The van der Waals surface area contributed by atoms with Crippen LogP contribution in [0, 0.1) is 6.92 Å². The molecule has 0 saturated heterocycles. The van der Waals surface area contributed by atoms with Crippen molar-refractivity contribution < 1.29 is 13.2 Å². The summed E-state index contributed by atoms with van der Waals surface area (Å²) in [6.45, 7) is 2.36. The van der Waals surface area contributed by atoms with Crippen LogP contribution >= 0.6 is 11.6 Å². The van der Waals surface area contributed by atoms with Gasteiger partial charge in [0.2, 0.25) is 0 Å². The zero-order valence-corrected chi connectivity index (χ0v) is 13.6. The van der Waals surface area contributed by atoms with Gasteiger partial charge in [0.25, 0.3) is 0 Å². The van der Waals surface area contributed by atoms with Gasteiger partial charge < -0.3 is 4.74 Å². The molecule has 0 fully saturated rings. The van der Waals surface area contributed by atoms with E-state index in [-0.39, 0.29) is 10.6 Å². The first kappa shape index (κ1) is 15.1. The molecule has 0 amide bonds. The molecular formula is C17H15ClO3S. The third kappa shape index (κ3) is 3.03. The number of rotatable bonds is 3. The fourth-order valence-electron chi connectivity index (χ4n) is 2.43. The first-order chi connectivity index (χ1) is 10.5. The molecule has 22 heavy (non-hydrogen) atoms. The minimum absolute atomic E-state index is 0.0472. The van der Waals surface area contributed by atoms with Crippen molar-refractivity contribution in [3.05, 3.63) is 64.7 Å². The molecule has 0 radical (unpaired) electrons. The van der Waals surface area contributed by atoms with Crippen LogP contribution in [0.1, 0.15) is 11.1 Å². The van der Waals surface area contributed by atoms with Crippen molar-refractivity contribution in [2.24, 2.45) is 0 Å². The van der Waals surface area contributed by atoms with Gasteiger partial charge in [-0.2, -0.15) is 0 Å². The van der Waals surface area contributed by atoms with Crippen LogP contribution in [-0.2, 0) is 9.84 Å². The molecule has 0 aliphatic carbocycles. The van der Waals surface area contributed by atoms with Gasteiger partial charge in [-0.3, -0.25) is 0 Å². The van der Waals surface area contributed by atoms with Crippen LogP contribution in [0.15, 0.2) is 53.4 Å². The maximum atomic E-state index is 12.6. The molecule has 0 spiro atoms. The van der Waals surface area contributed by atoms with Gasteiger partial charge >= 0.3 is 0 Å². The Hall–Kier alpha value is -1.78. The number of sulfone groups is 1. The summed E-state index contributed by atoms with van der Waals surface area (Å²) in [5.41, 5.74) is 2.70. The third-order valence-electron chi connectivity index (χ3n) is 3.57. The van der Waals surface area contributed by atoms with Crippen LogP contribution in [0.5, 0.6) is 5.75 Å². The van der Waals surface area contributed by atoms with Gasteiger partial charge in [-0.25, -0.2) is 8.42 Å². The third-order valence-corrected chi connectivity index (χ3v) is 5.50. The van der Waals surface area contributed by atoms with E-state index in [0.29, 0.717) is 11.6 Å². The van der Waals surface area contributed by atoms with Crippen LogP contribution in [0.4, 0.5) is 0 Å². The van der Waals surface area contributed by atoms with Gasteiger partial charge in [-0.1, -0.05) is 23.2 Å². The molecular weight excluding hydrogens is 320 g/mol. The van der Waals surface area contributed by atoms with E-state index in [1.165, 1.54) is 12.1 Å². The molecule has 3 rings (SSSR count). The summed E-state index contributed by atoms with van der Waals surface area (Å²) in [5, 5.41) is 0.519. The summed E-state index contributed by atoms with van der Waals surface area (Å²) < 4.78 is 30.7. The first-order valence-electron chi connectivity index (χ1n) is 6.87. The van der Waals surface area contributed by atoms with Gasteiger partial charge in [-0.15, -0.1) is 0 Å². The van der Waals surface area contributed by atoms with E-state index in [4.69, 9.17) is 16.3 Å². The second kappa shape index (κ2) is 5.78. The van der Waals surface area contributed by atoms with Gasteiger partial charge in [0.1, 0.15) is 12.4 Å². The summed E-state index contributed by atoms with van der Waals surface area (Å²) in [5.74, 6) is 0.684. The molecule has 0 unspecified atom stereocenters. The molecule has 2 aromatic carbocycles. The van der Waals surface area contributed by atoms with Crippen LogP contribution in [0.3, 0.4) is 0 Å². The highest BCUT2D eigenvalue weighted by molar-refractivity contribution is 7.91. The molecule has 3 nitrogen and oxygen atoms in total. The molecule has 1 aliphatic rings. The molecule has 0 atom stereocenters. The van der Waals surface area contributed by atoms with Crippen LogP contribution < -0.4 is 4.74 Å². The van der Waals surface area contributed by atoms with Crippen LogP contribution in [-0.4, -0.2) is 20.8 Å². The predicted molar refractivity (Wildman–Crippen MR) is 88.2 cm³/mol. The molecule has 5 heteroatoms. The number of fused-ring (bicyclic) bond motifs is 1. The second-order valence-corrected chi connectivity index (χ2v) is 7.68. The Morgan fingerprint density at radius 3 is 2.59 bits per heavy atom. The van der Waals surface area contributed by atoms with E-state index < -0.39 is 9.84 Å². The summed E-state index contributed by atoms with van der Waals surface area (Å²) in [6.07, 6.45) is 1.83. The van der Waals surface area contributed by atoms with Crippen molar-refractivity contribution in [1.29, 1.82) is 0 Å². The highest BCUT2D eigenvalue weighted by Gasteiger charge is 2.22. The quantitative estimate of drug-likeness (QED) is 0.855. The number of halogens is 1. The molecule has 0 saturated carbocycles. The van der Waals surface area contributed by atoms with Crippen LogP contribution in [0.2, 0.25) is 5.02 Å². The zero-order chi connectivity index (χ0) is 15.7. The molecule has 2 aromatic rings. The highest BCUT2D eigenvalue weighted by atomic mass is 35.5. The van der Waals surface area contributed by atoms with Gasteiger partial charge in [-0.05, 0) is 55.0 Å². The van der Waals surface area contributed by atoms with Crippen molar-refractivity contribution in [3.8, 4) is 5.75 Å². The fraction of sp³-hybridized carbons (Fsp3) is 0.176. The first-order valence-corrected chi connectivity index (χ1v) is 8.90. The van der Waals surface area contributed by atoms with Gasteiger partial charge in [0.15, 0.2) is 9.84 Å². The summed E-state index contributed by atoms with van der Waals surface area (Å²) in [7, 11) is -3.41. The van der Waals surface area contributed by atoms with Crippen molar-refractivity contribution in [1.82, 2.24) is 0 Å². The van der Waals surface area contributed by atoms with Crippen LogP contribution in [0.25, 0.3) is 5.57 Å². The Morgan fingerprint density at radius 1 is 1.14 bits per heavy atom. The Labute approximate surface area is 135 Å². The van der Waals surface area contributed by atoms with E-state index in [0.717, 1.165) is 22.4 Å². The average molecular weight is 335 g/mol. The monoisotopic (exact) mass is 334 g/mol. The maximum Gasteiger partial charge on any atom is 0.182 e. The topological polar surface area (TPSA) is 43.4 Å². The minimum atomic E-state index is -3.41. The minimum Gasteiger partial charge on any atom is -0.489 e. The zero-order valence-electron chi connectivity index (χ0n) is 12.0. The van der Waals surface area contributed by atoms with E-state index in [9.17, 15) is 8.42 Å². The van der Waals surface area contributed by atoms with Gasteiger partial charge in [0.05, 0.1) is 10.6 Å². The van der Waals surface area contributed by atoms with Crippen molar-refractivity contribution in [2.75, 3.05) is 12.4 Å². The van der Waals surface area contributed by atoms with E-state index >= 15 is 0 Å². The van der Waals surface area contributed by atoms with Gasteiger partial charge in [0, 0.05) is 10.6 Å². The maximum absolute atomic E-state index is 12.6. The smallest absolute Gasteiger partial charge is 0.182 e. The normalized spacial score (nSPS) is 14.0. The molecule has 1 heterocycles. The lowest BCUT2D eigenvalue weighted by Crippen LogP contribution is -2.13. The standard InChI is InChI=1S/C17H15ClO3S/c1-12-2-7-17-16(10-12)13(8-9-21-17)11-22(19,20)15-5-3-14(18)4-6-15/h2-8,10H,9,11H2,1H3. The summed E-state index contributed by atoms with van der Waals surface area (Å²) >= 11 is 5.82. The summed E-state index contributed by atoms with van der Waals surface area (Å²) in [4.78, 5) is 0.276. The molecule has 1 aliphatic heterocycles. The molecule has 114 valence electrons. The second-order valence-electron chi connectivity index (χ2n) is 5.25. The van der Waals surface area contributed by atoms with E-state index in [1.54, 1.807) is 12.1 Å². The number of hydrogen-bond acceptors (Lipinski definition) is 3. The highest BCUT2D eigenvalue weighted by Crippen LogP contribution is 2.32. The fourth-order valence-corrected chi connectivity index (χ4v) is 3.96. The number of ether oxygens (including phenoxy) is 1. The molecule has 0 bridgehead atoms.